The minimum Gasteiger partial charge on any atom is -0.0958 e. The number of rotatable bonds is 6. The van der Waals surface area contributed by atoms with Crippen molar-refractivity contribution in [3.63, 3.8) is 0 Å². The Morgan fingerprint density at radius 1 is 1.25 bits per heavy atom. The van der Waals surface area contributed by atoms with E-state index in [9.17, 15) is 0 Å². The third-order valence-corrected chi connectivity index (χ3v) is 1.76. The summed E-state index contributed by atoms with van der Waals surface area (Å²) in [5.41, 5.74) is 1.19. The summed E-state index contributed by atoms with van der Waals surface area (Å²) >= 11 is 0. The number of unbranched alkanes of at least 4 members (excludes halogenated alkanes) is 2. The van der Waals surface area contributed by atoms with Gasteiger partial charge in [-0.25, -0.2) is 0 Å². The fourth-order valence-electron chi connectivity index (χ4n) is 0.806. The molecule has 0 bridgehead atoms. The van der Waals surface area contributed by atoms with Crippen LogP contribution in [0.15, 0.2) is 36.5 Å². The van der Waals surface area contributed by atoms with Crippen molar-refractivity contribution < 1.29 is 0 Å². The second kappa shape index (κ2) is 8.32. The van der Waals surface area contributed by atoms with Crippen LogP contribution in [0.3, 0.4) is 0 Å². The van der Waals surface area contributed by atoms with Crippen molar-refractivity contribution in [3.05, 3.63) is 36.5 Å². The number of allylic oxidation sites excluding steroid dienone is 5. The molecular weight excluding hydrogens is 144 g/mol. The zero-order valence-electron chi connectivity index (χ0n) is 8.34. The van der Waals surface area contributed by atoms with E-state index in [0.29, 0.717) is 0 Å². The van der Waals surface area contributed by atoms with Gasteiger partial charge in [0.1, 0.15) is 0 Å². The second-order valence-corrected chi connectivity index (χ2v) is 2.94. The maximum Gasteiger partial charge on any atom is -0.0313 e. The Bertz CT molecular complexity index is 161. The van der Waals surface area contributed by atoms with E-state index >= 15 is 0 Å². The lowest BCUT2D eigenvalue weighted by Gasteiger charge is -1.88. The van der Waals surface area contributed by atoms with Crippen molar-refractivity contribution in [2.45, 2.75) is 39.5 Å². The molecule has 0 aromatic heterocycles. The number of hydrogen-bond donors (Lipinski definition) is 0. The van der Waals surface area contributed by atoms with Gasteiger partial charge in [-0.05, 0) is 12.8 Å². The molecule has 0 rings (SSSR count). The fourth-order valence-corrected chi connectivity index (χ4v) is 0.806. The first kappa shape index (κ1) is 11.2. The van der Waals surface area contributed by atoms with Gasteiger partial charge in [-0.2, -0.15) is 0 Å². The molecule has 0 radical (unpaired) electrons. The number of hydrogen-bond acceptors (Lipinski definition) is 0. The zero-order valence-corrected chi connectivity index (χ0v) is 8.34. The molecule has 0 N–H and O–H groups in total. The first-order chi connectivity index (χ1) is 5.81. The Balaban J connectivity index is 3.45. The summed E-state index contributed by atoms with van der Waals surface area (Å²) in [5, 5.41) is 0. The summed E-state index contributed by atoms with van der Waals surface area (Å²) in [6, 6.07) is 0. The molecule has 0 amide bonds. The van der Waals surface area contributed by atoms with Crippen LogP contribution in [0.5, 0.6) is 0 Å². The highest BCUT2D eigenvalue weighted by molar-refractivity contribution is 5.18. The van der Waals surface area contributed by atoms with E-state index < -0.39 is 0 Å². The summed E-state index contributed by atoms with van der Waals surface area (Å²) in [5.74, 6) is 0. The second-order valence-electron chi connectivity index (χ2n) is 2.94. The average molecular weight is 164 g/mol. The van der Waals surface area contributed by atoms with Gasteiger partial charge in [0.25, 0.3) is 0 Å². The van der Waals surface area contributed by atoms with Crippen LogP contribution in [0.4, 0.5) is 0 Å². The van der Waals surface area contributed by atoms with Crippen LogP contribution >= 0.6 is 0 Å². The van der Waals surface area contributed by atoms with Crippen molar-refractivity contribution >= 4 is 0 Å². The van der Waals surface area contributed by atoms with E-state index in [-0.39, 0.29) is 0 Å². The molecule has 0 aliphatic carbocycles. The molecule has 0 spiro atoms. The minimum absolute atomic E-state index is 1.04. The molecule has 0 unspecified atom stereocenters. The quantitative estimate of drug-likeness (QED) is 0.406. The maximum atomic E-state index is 3.89. The van der Waals surface area contributed by atoms with Crippen LogP contribution in [0.25, 0.3) is 0 Å². The van der Waals surface area contributed by atoms with Gasteiger partial charge in [-0.15, -0.1) is 0 Å². The Morgan fingerprint density at radius 2 is 2.00 bits per heavy atom. The van der Waals surface area contributed by atoms with E-state index in [0.717, 1.165) is 6.42 Å². The van der Waals surface area contributed by atoms with Crippen LogP contribution in [0.1, 0.15) is 39.5 Å². The predicted octanol–water partition coefficient (Wildman–Crippen LogP) is 4.26. The van der Waals surface area contributed by atoms with Gasteiger partial charge < -0.3 is 0 Å². The lowest BCUT2D eigenvalue weighted by atomic mass is 10.2. The van der Waals surface area contributed by atoms with Crippen molar-refractivity contribution in [3.8, 4) is 0 Å². The van der Waals surface area contributed by atoms with Gasteiger partial charge in [0, 0.05) is 0 Å². The highest BCUT2D eigenvalue weighted by Crippen LogP contribution is 1.99. The molecule has 0 nitrogen and oxygen atoms in total. The summed E-state index contributed by atoms with van der Waals surface area (Å²) < 4.78 is 0. The Kier molecular flexibility index (Phi) is 7.78. The van der Waals surface area contributed by atoms with Crippen molar-refractivity contribution in [2.75, 3.05) is 0 Å². The summed E-state index contributed by atoms with van der Waals surface area (Å²) in [6.07, 6.45) is 13.3. The zero-order chi connectivity index (χ0) is 9.23. The van der Waals surface area contributed by atoms with E-state index in [1.165, 1.54) is 24.8 Å². The molecular formula is C12H20. The SMILES string of the molecule is C=C(/C=C\C=C/CCCC)CC. The van der Waals surface area contributed by atoms with Gasteiger partial charge in [0.2, 0.25) is 0 Å². The molecule has 0 saturated heterocycles. The Morgan fingerprint density at radius 3 is 2.58 bits per heavy atom. The standard InChI is InChI=1S/C12H20/c1-4-6-7-8-9-10-11-12(3)5-2/h8-11H,3-7H2,1-2H3/b9-8-,11-10-. The maximum absolute atomic E-state index is 3.89. The van der Waals surface area contributed by atoms with E-state index in [4.69, 9.17) is 0 Å². The van der Waals surface area contributed by atoms with Gasteiger partial charge in [0.15, 0.2) is 0 Å². The van der Waals surface area contributed by atoms with Crippen LogP contribution in [-0.2, 0) is 0 Å². The van der Waals surface area contributed by atoms with E-state index in [2.05, 4.69) is 44.7 Å². The summed E-state index contributed by atoms with van der Waals surface area (Å²) in [6.45, 7) is 8.22. The first-order valence-electron chi connectivity index (χ1n) is 4.82. The van der Waals surface area contributed by atoms with Gasteiger partial charge in [0.05, 0.1) is 0 Å². The van der Waals surface area contributed by atoms with Crippen LogP contribution < -0.4 is 0 Å². The molecule has 0 saturated carbocycles. The molecule has 0 heterocycles. The van der Waals surface area contributed by atoms with Crippen LogP contribution in [-0.4, -0.2) is 0 Å². The molecule has 12 heavy (non-hydrogen) atoms. The molecule has 0 fully saturated rings. The van der Waals surface area contributed by atoms with E-state index in [1.54, 1.807) is 0 Å². The van der Waals surface area contributed by atoms with Crippen LogP contribution in [0.2, 0.25) is 0 Å². The molecule has 0 atom stereocenters. The van der Waals surface area contributed by atoms with Gasteiger partial charge in [-0.1, -0.05) is 63.1 Å². The molecule has 68 valence electrons. The third-order valence-electron chi connectivity index (χ3n) is 1.76. The molecule has 0 aliphatic rings. The van der Waals surface area contributed by atoms with Crippen LogP contribution in [0, 0.1) is 0 Å². The molecule has 0 heteroatoms. The fraction of sp³-hybridized carbons (Fsp3) is 0.500. The monoisotopic (exact) mass is 164 g/mol. The van der Waals surface area contributed by atoms with Crippen molar-refractivity contribution in [1.29, 1.82) is 0 Å². The predicted molar refractivity (Wildman–Crippen MR) is 57.2 cm³/mol. The molecule has 0 aliphatic heterocycles. The Hall–Kier alpha value is -0.780. The minimum atomic E-state index is 1.04. The van der Waals surface area contributed by atoms with Crippen molar-refractivity contribution in [2.24, 2.45) is 0 Å². The summed E-state index contributed by atoms with van der Waals surface area (Å²) in [4.78, 5) is 0. The lowest BCUT2D eigenvalue weighted by Crippen LogP contribution is -1.68. The smallest absolute Gasteiger partial charge is 0.0313 e. The topological polar surface area (TPSA) is 0 Å². The normalized spacial score (nSPS) is 11.5. The highest BCUT2D eigenvalue weighted by Gasteiger charge is 1.78. The van der Waals surface area contributed by atoms with Gasteiger partial charge >= 0.3 is 0 Å². The largest absolute Gasteiger partial charge is 0.0958 e. The molecule has 0 aromatic rings. The highest BCUT2D eigenvalue weighted by atomic mass is 13.8. The summed E-state index contributed by atoms with van der Waals surface area (Å²) in [7, 11) is 0. The van der Waals surface area contributed by atoms with Gasteiger partial charge in [-0.3, -0.25) is 0 Å². The Labute approximate surface area is 76.7 Å². The first-order valence-corrected chi connectivity index (χ1v) is 4.82. The lowest BCUT2D eigenvalue weighted by molar-refractivity contribution is 0.815. The molecule has 0 aromatic carbocycles. The van der Waals surface area contributed by atoms with Crippen molar-refractivity contribution in [1.82, 2.24) is 0 Å². The third kappa shape index (κ3) is 7.33. The average Bonchev–Trinajstić information content (AvgIpc) is 2.10. The van der Waals surface area contributed by atoms with E-state index in [1.807, 2.05) is 0 Å².